The predicted molar refractivity (Wildman–Crippen MR) is 88.0 cm³/mol. The molecule has 0 aliphatic rings. The molecule has 2 aromatic carbocycles. The molecule has 2 amide bonds. The first-order chi connectivity index (χ1) is 11.4. The van der Waals surface area contributed by atoms with Crippen LogP contribution in [0.1, 0.15) is 35.8 Å². The van der Waals surface area contributed by atoms with E-state index in [1.54, 1.807) is 38.1 Å². The zero-order valence-corrected chi connectivity index (χ0v) is 13.5. The quantitative estimate of drug-likeness (QED) is 0.854. The Hall–Kier alpha value is -2.89. The second kappa shape index (κ2) is 7.59. The summed E-state index contributed by atoms with van der Waals surface area (Å²) >= 11 is 0. The summed E-state index contributed by atoms with van der Waals surface area (Å²) in [5, 5.41) is 2.80. The number of hydrogen-bond acceptors (Lipinski definition) is 3. The highest BCUT2D eigenvalue weighted by Gasteiger charge is 2.18. The number of nitrogens with one attached hydrogen (secondary N) is 1. The van der Waals surface area contributed by atoms with Gasteiger partial charge in [0.2, 0.25) is 5.91 Å². The lowest BCUT2D eigenvalue weighted by Gasteiger charge is -2.19. The minimum Gasteiger partial charge on any atom is -0.481 e. The summed E-state index contributed by atoms with van der Waals surface area (Å²) in [6.45, 7) is 3.42. The van der Waals surface area contributed by atoms with Crippen LogP contribution in [0.5, 0.6) is 5.75 Å². The lowest BCUT2D eigenvalue weighted by Crippen LogP contribution is -2.37. The second-order valence-corrected chi connectivity index (χ2v) is 5.43. The summed E-state index contributed by atoms with van der Waals surface area (Å²) in [5.41, 5.74) is 6.32. The molecular formula is C18H19FN2O3. The average molecular weight is 330 g/mol. The lowest BCUT2D eigenvalue weighted by atomic mass is 10.1. The van der Waals surface area contributed by atoms with E-state index in [4.69, 9.17) is 10.5 Å². The number of carbonyl (C=O) groups excluding carboxylic acids is 2. The van der Waals surface area contributed by atoms with Gasteiger partial charge in [-0.1, -0.05) is 12.1 Å². The number of carbonyl (C=O) groups is 2. The molecule has 0 heterocycles. The standard InChI is InChI=1S/C18H19FN2O3/c1-11(13-3-7-15(19)8-4-13)21-18(23)12(2)24-16-9-5-14(6-10-16)17(20)22/h3-12H,1-2H3,(H2,20,22)(H,21,23)/t11-,12+/m0/s1. The summed E-state index contributed by atoms with van der Waals surface area (Å²) in [7, 11) is 0. The molecular weight excluding hydrogens is 311 g/mol. The Morgan fingerprint density at radius 2 is 1.62 bits per heavy atom. The van der Waals surface area contributed by atoms with Crippen LogP contribution >= 0.6 is 0 Å². The molecule has 0 radical (unpaired) electrons. The molecule has 0 spiro atoms. The predicted octanol–water partition coefficient (Wildman–Crippen LogP) is 2.57. The maximum Gasteiger partial charge on any atom is 0.261 e. The van der Waals surface area contributed by atoms with Gasteiger partial charge in [0.15, 0.2) is 6.10 Å². The summed E-state index contributed by atoms with van der Waals surface area (Å²) in [5.74, 6) is -0.697. The Morgan fingerprint density at radius 1 is 1.04 bits per heavy atom. The van der Waals surface area contributed by atoms with Crippen molar-refractivity contribution in [3.63, 3.8) is 0 Å². The molecule has 2 rings (SSSR count). The van der Waals surface area contributed by atoms with Crippen molar-refractivity contribution >= 4 is 11.8 Å². The Morgan fingerprint density at radius 3 is 2.17 bits per heavy atom. The molecule has 2 aromatic rings. The van der Waals surface area contributed by atoms with Gasteiger partial charge in [-0.2, -0.15) is 0 Å². The van der Waals surface area contributed by atoms with Crippen LogP contribution in [0.25, 0.3) is 0 Å². The highest BCUT2D eigenvalue weighted by atomic mass is 19.1. The highest BCUT2D eigenvalue weighted by molar-refractivity contribution is 5.92. The van der Waals surface area contributed by atoms with Crippen molar-refractivity contribution in [2.75, 3.05) is 0 Å². The first-order valence-electron chi connectivity index (χ1n) is 7.49. The van der Waals surface area contributed by atoms with Gasteiger partial charge in [0, 0.05) is 5.56 Å². The molecule has 6 heteroatoms. The molecule has 126 valence electrons. The fraction of sp³-hybridized carbons (Fsp3) is 0.222. The number of benzene rings is 2. The molecule has 0 saturated carbocycles. The molecule has 0 fully saturated rings. The van der Waals surface area contributed by atoms with E-state index in [0.29, 0.717) is 11.3 Å². The van der Waals surface area contributed by atoms with E-state index in [-0.39, 0.29) is 17.8 Å². The van der Waals surface area contributed by atoms with Crippen molar-refractivity contribution in [1.82, 2.24) is 5.32 Å². The number of ether oxygens (including phenoxy) is 1. The van der Waals surface area contributed by atoms with Crippen LogP contribution in [0.3, 0.4) is 0 Å². The third-order valence-electron chi connectivity index (χ3n) is 3.55. The number of hydrogen-bond donors (Lipinski definition) is 2. The zero-order chi connectivity index (χ0) is 17.7. The van der Waals surface area contributed by atoms with Crippen LogP contribution in [0.2, 0.25) is 0 Å². The van der Waals surface area contributed by atoms with Gasteiger partial charge in [-0.25, -0.2) is 4.39 Å². The summed E-state index contributed by atoms with van der Waals surface area (Å²) in [6, 6.07) is 11.9. The van der Waals surface area contributed by atoms with E-state index in [9.17, 15) is 14.0 Å². The summed E-state index contributed by atoms with van der Waals surface area (Å²) < 4.78 is 18.5. The topological polar surface area (TPSA) is 81.4 Å². The molecule has 0 saturated heterocycles. The molecule has 0 aromatic heterocycles. The maximum absolute atomic E-state index is 12.9. The van der Waals surface area contributed by atoms with Crippen LogP contribution in [-0.4, -0.2) is 17.9 Å². The van der Waals surface area contributed by atoms with Crippen molar-refractivity contribution in [2.24, 2.45) is 5.73 Å². The van der Waals surface area contributed by atoms with E-state index in [1.807, 2.05) is 0 Å². The maximum atomic E-state index is 12.9. The molecule has 0 unspecified atom stereocenters. The van der Waals surface area contributed by atoms with E-state index in [0.717, 1.165) is 5.56 Å². The summed E-state index contributed by atoms with van der Waals surface area (Å²) in [6.07, 6.45) is -0.729. The Labute approximate surface area is 139 Å². The normalized spacial score (nSPS) is 13.0. The van der Waals surface area contributed by atoms with Crippen LogP contribution in [0, 0.1) is 5.82 Å². The first kappa shape index (κ1) is 17.5. The number of halogens is 1. The molecule has 0 aliphatic carbocycles. The molecule has 0 bridgehead atoms. The number of amides is 2. The monoisotopic (exact) mass is 330 g/mol. The van der Waals surface area contributed by atoms with Gasteiger partial charge in [0.05, 0.1) is 6.04 Å². The third-order valence-corrected chi connectivity index (χ3v) is 3.55. The summed E-state index contributed by atoms with van der Waals surface area (Å²) in [4.78, 5) is 23.2. The lowest BCUT2D eigenvalue weighted by molar-refractivity contribution is -0.127. The van der Waals surface area contributed by atoms with Gasteiger partial charge in [-0.15, -0.1) is 0 Å². The first-order valence-corrected chi connectivity index (χ1v) is 7.49. The van der Waals surface area contributed by atoms with Gasteiger partial charge in [0.25, 0.3) is 5.91 Å². The van der Waals surface area contributed by atoms with Crippen LogP contribution < -0.4 is 15.8 Å². The Kier molecular flexibility index (Phi) is 5.52. The zero-order valence-electron chi connectivity index (χ0n) is 13.5. The highest BCUT2D eigenvalue weighted by Crippen LogP contribution is 2.16. The SMILES string of the molecule is C[C@H](NC(=O)[C@@H](C)Oc1ccc(C(N)=O)cc1)c1ccc(F)cc1. The van der Waals surface area contributed by atoms with Crippen molar-refractivity contribution in [3.05, 3.63) is 65.5 Å². The average Bonchev–Trinajstić information content (AvgIpc) is 2.55. The van der Waals surface area contributed by atoms with Crippen LogP contribution in [0.15, 0.2) is 48.5 Å². The smallest absolute Gasteiger partial charge is 0.261 e. The fourth-order valence-corrected chi connectivity index (χ4v) is 2.12. The van der Waals surface area contributed by atoms with Crippen LogP contribution in [0.4, 0.5) is 4.39 Å². The minimum absolute atomic E-state index is 0.276. The number of primary amides is 1. The van der Waals surface area contributed by atoms with E-state index in [1.165, 1.54) is 24.3 Å². The van der Waals surface area contributed by atoms with Crippen molar-refractivity contribution < 1.29 is 18.7 Å². The van der Waals surface area contributed by atoms with Crippen molar-refractivity contribution in [2.45, 2.75) is 26.0 Å². The fourth-order valence-electron chi connectivity index (χ4n) is 2.12. The number of rotatable bonds is 6. The minimum atomic E-state index is -0.729. The van der Waals surface area contributed by atoms with Crippen LogP contribution in [-0.2, 0) is 4.79 Å². The molecule has 24 heavy (non-hydrogen) atoms. The van der Waals surface area contributed by atoms with Gasteiger partial charge in [0.1, 0.15) is 11.6 Å². The van der Waals surface area contributed by atoms with Crippen molar-refractivity contribution in [1.29, 1.82) is 0 Å². The second-order valence-electron chi connectivity index (χ2n) is 5.43. The van der Waals surface area contributed by atoms with Crippen molar-refractivity contribution in [3.8, 4) is 5.75 Å². The van der Waals surface area contributed by atoms with Gasteiger partial charge in [-0.3, -0.25) is 9.59 Å². The Bertz CT molecular complexity index is 714. The van der Waals surface area contributed by atoms with E-state index >= 15 is 0 Å². The third kappa shape index (κ3) is 4.55. The Balaban J connectivity index is 1.93. The number of nitrogens with two attached hydrogens (primary N) is 1. The molecule has 5 nitrogen and oxygen atoms in total. The molecule has 0 aliphatic heterocycles. The molecule has 2 atom stereocenters. The molecule has 3 N–H and O–H groups in total. The van der Waals surface area contributed by atoms with E-state index in [2.05, 4.69) is 5.32 Å². The van der Waals surface area contributed by atoms with E-state index < -0.39 is 12.0 Å². The largest absolute Gasteiger partial charge is 0.481 e. The van der Waals surface area contributed by atoms with Gasteiger partial charge in [-0.05, 0) is 55.8 Å². The van der Waals surface area contributed by atoms with Gasteiger partial charge < -0.3 is 15.8 Å². The van der Waals surface area contributed by atoms with Gasteiger partial charge >= 0.3 is 0 Å².